The summed E-state index contributed by atoms with van der Waals surface area (Å²) < 4.78 is 31.6. The minimum Gasteiger partial charge on any atom is -0.468 e. The Morgan fingerprint density at radius 2 is 1.94 bits per heavy atom. The highest BCUT2D eigenvalue weighted by molar-refractivity contribution is 7.89. The van der Waals surface area contributed by atoms with Gasteiger partial charge in [-0.3, -0.25) is 0 Å². The number of hydrogen-bond acceptors (Lipinski definition) is 4. The van der Waals surface area contributed by atoms with Gasteiger partial charge in [-0.05, 0) is 23.8 Å². The number of sulfonamides is 1. The van der Waals surface area contributed by atoms with Gasteiger partial charge in [0.15, 0.2) is 0 Å². The van der Waals surface area contributed by atoms with E-state index in [1.165, 1.54) is 12.3 Å². The SMILES string of the molecule is O=S(=O)(NCc1ccco1)c1ccccc1CO. The van der Waals surface area contributed by atoms with E-state index in [0.29, 0.717) is 11.3 Å². The Balaban J connectivity index is 2.20. The second-order valence-electron chi connectivity index (χ2n) is 3.67. The summed E-state index contributed by atoms with van der Waals surface area (Å²) in [5, 5.41) is 9.12. The van der Waals surface area contributed by atoms with E-state index in [1.807, 2.05) is 0 Å². The summed E-state index contributed by atoms with van der Waals surface area (Å²) in [6.45, 7) is -0.243. The third-order valence-electron chi connectivity index (χ3n) is 2.45. The quantitative estimate of drug-likeness (QED) is 0.854. The molecule has 0 bridgehead atoms. The first kappa shape index (κ1) is 12.8. The van der Waals surface area contributed by atoms with Crippen LogP contribution in [-0.4, -0.2) is 13.5 Å². The zero-order chi connectivity index (χ0) is 13.0. The van der Waals surface area contributed by atoms with Gasteiger partial charge in [-0.25, -0.2) is 13.1 Å². The van der Waals surface area contributed by atoms with Crippen molar-refractivity contribution < 1.29 is 17.9 Å². The Morgan fingerprint density at radius 3 is 2.61 bits per heavy atom. The maximum Gasteiger partial charge on any atom is 0.241 e. The van der Waals surface area contributed by atoms with Gasteiger partial charge in [-0.2, -0.15) is 0 Å². The molecule has 2 rings (SSSR count). The zero-order valence-corrected chi connectivity index (χ0v) is 10.4. The molecule has 0 saturated carbocycles. The van der Waals surface area contributed by atoms with Crippen LogP contribution >= 0.6 is 0 Å². The van der Waals surface area contributed by atoms with Gasteiger partial charge in [0.25, 0.3) is 0 Å². The molecule has 0 fully saturated rings. The van der Waals surface area contributed by atoms with Crippen LogP contribution in [-0.2, 0) is 23.2 Å². The molecule has 6 heteroatoms. The normalized spacial score (nSPS) is 11.6. The molecule has 0 saturated heterocycles. The van der Waals surface area contributed by atoms with Crippen molar-refractivity contribution in [1.82, 2.24) is 4.72 Å². The first-order chi connectivity index (χ1) is 8.63. The van der Waals surface area contributed by atoms with Crippen molar-refractivity contribution in [1.29, 1.82) is 0 Å². The second kappa shape index (κ2) is 5.34. The summed E-state index contributed by atoms with van der Waals surface area (Å²) in [6.07, 6.45) is 1.48. The van der Waals surface area contributed by atoms with Gasteiger partial charge in [0, 0.05) is 0 Å². The van der Waals surface area contributed by atoms with E-state index < -0.39 is 10.0 Å². The Kier molecular flexibility index (Phi) is 3.81. The average molecular weight is 267 g/mol. The average Bonchev–Trinajstić information content (AvgIpc) is 2.89. The van der Waals surface area contributed by atoms with Gasteiger partial charge >= 0.3 is 0 Å². The second-order valence-corrected chi connectivity index (χ2v) is 5.41. The van der Waals surface area contributed by atoms with E-state index >= 15 is 0 Å². The zero-order valence-electron chi connectivity index (χ0n) is 9.54. The summed E-state index contributed by atoms with van der Waals surface area (Å²) in [6, 6.07) is 9.68. The minimum absolute atomic E-state index is 0.0785. The number of aliphatic hydroxyl groups is 1. The fourth-order valence-electron chi connectivity index (χ4n) is 1.55. The molecule has 0 unspecified atom stereocenters. The van der Waals surface area contributed by atoms with Gasteiger partial charge in [0.2, 0.25) is 10.0 Å². The fraction of sp³-hybridized carbons (Fsp3) is 0.167. The van der Waals surface area contributed by atoms with Crippen LogP contribution in [0.5, 0.6) is 0 Å². The van der Waals surface area contributed by atoms with Gasteiger partial charge in [0.1, 0.15) is 5.76 Å². The van der Waals surface area contributed by atoms with Crippen molar-refractivity contribution in [2.45, 2.75) is 18.0 Å². The van der Waals surface area contributed by atoms with Gasteiger partial charge in [0.05, 0.1) is 24.3 Å². The van der Waals surface area contributed by atoms with Crippen molar-refractivity contribution in [3.05, 3.63) is 54.0 Å². The van der Waals surface area contributed by atoms with Crippen LogP contribution in [0.1, 0.15) is 11.3 Å². The molecule has 0 radical (unpaired) electrons. The summed E-state index contributed by atoms with van der Waals surface area (Å²) in [7, 11) is -3.65. The van der Waals surface area contributed by atoms with Crippen LogP contribution in [0.3, 0.4) is 0 Å². The highest BCUT2D eigenvalue weighted by atomic mass is 32.2. The molecule has 96 valence electrons. The maximum atomic E-state index is 12.0. The van der Waals surface area contributed by atoms with Crippen molar-refractivity contribution in [2.24, 2.45) is 0 Å². The van der Waals surface area contributed by atoms with Crippen LogP contribution < -0.4 is 4.72 Å². The van der Waals surface area contributed by atoms with E-state index in [1.54, 1.807) is 30.3 Å². The van der Waals surface area contributed by atoms with E-state index in [9.17, 15) is 8.42 Å². The van der Waals surface area contributed by atoms with Crippen LogP contribution in [0, 0.1) is 0 Å². The Hall–Kier alpha value is -1.63. The summed E-state index contributed by atoms with van der Waals surface area (Å²) in [5.41, 5.74) is 0.365. The Bertz CT molecular complexity index is 605. The number of aliphatic hydroxyl groups excluding tert-OH is 1. The molecular formula is C12H13NO4S. The number of hydrogen-bond donors (Lipinski definition) is 2. The van der Waals surface area contributed by atoms with Gasteiger partial charge in [-0.15, -0.1) is 0 Å². The molecule has 1 aromatic heterocycles. The Labute approximate surface area is 105 Å². The molecule has 0 spiro atoms. The molecule has 1 aromatic carbocycles. The third kappa shape index (κ3) is 2.79. The highest BCUT2D eigenvalue weighted by Gasteiger charge is 2.17. The molecule has 0 amide bonds. The number of furan rings is 1. The van der Waals surface area contributed by atoms with Crippen LogP contribution in [0.15, 0.2) is 52.0 Å². The van der Waals surface area contributed by atoms with Gasteiger partial charge < -0.3 is 9.52 Å². The molecule has 2 N–H and O–H groups in total. The standard InChI is InChI=1S/C12H13NO4S/c14-9-10-4-1-2-6-12(10)18(15,16)13-8-11-5-3-7-17-11/h1-7,13-14H,8-9H2. The summed E-state index contributed by atoms with van der Waals surface area (Å²) in [5.74, 6) is 0.528. The topological polar surface area (TPSA) is 79.5 Å². The maximum absolute atomic E-state index is 12.0. The lowest BCUT2D eigenvalue weighted by Gasteiger charge is -2.08. The van der Waals surface area contributed by atoms with E-state index in [2.05, 4.69) is 4.72 Å². The van der Waals surface area contributed by atoms with Crippen molar-refractivity contribution in [2.75, 3.05) is 0 Å². The van der Waals surface area contributed by atoms with Crippen LogP contribution in [0.2, 0.25) is 0 Å². The molecule has 18 heavy (non-hydrogen) atoms. The van der Waals surface area contributed by atoms with E-state index in [0.717, 1.165) is 0 Å². The number of rotatable bonds is 5. The van der Waals surface area contributed by atoms with Crippen molar-refractivity contribution >= 4 is 10.0 Å². The highest BCUT2D eigenvalue weighted by Crippen LogP contribution is 2.15. The molecule has 0 aliphatic rings. The molecule has 0 aliphatic heterocycles. The minimum atomic E-state index is -3.65. The third-order valence-corrected chi connectivity index (χ3v) is 3.95. The molecular weight excluding hydrogens is 254 g/mol. The predicted octanol–water partition coefficient (Wildman–Crippen LogP) is 1.25. The molecule has 0 atom stereocenters. The summed E-state index contributed by atoms with van der Waals surface area (Å²) >= 11 is 0. The lowest BCUT2D eigenvalue weighted by Crippen LogP contribution is -2.24. The van der Waals surface area contributed by atoms with Crippen molar-refractivity contribution in [3.63, 3.8) is 0 Å². The number of nitrogens with one attached hydrogen (secondary N) is 1. The van der Waals surface area contributed by atoms with Crippen LogP contribution in [0.25, 0.3) is 0 Å². The molecule has 1 heterocycles. The van der Waals surface area contributed by atoms with E-state index in [4.69, 9.17) is 9.52 Å². The first-order valence-corrected chi connectivity index (χ1v) is 6.82. The molecule has 0 aliphatic carbocycles. The molecule has 5 nitrogen and oxygen atoms in total. The first-order valence-electron chi connectivity index (χ1n) is 5.34. The predicted molar refractivity (Wildman–Crippen MR) is 65.1 cm³/mol. The smallest absolute Gasteiger partial charge is 0.241 e. The van der Waals surface area contributed by atoms with Gasteiger partial charge in [-0.1, -0.05) is 18.2 Å². The monoisotopic (exact) mass is 267 g/mol. The lowest BCUT2D eigenvalue weighted by atomic mass is 10.2. The number of benzene rings is 1. The Morgan fingerprint density at radius 1 is 1.17 bits per heavy atom. The molecule has 2 aromatic rings. The van der Waals surface area contributed by atoms with Crippen molar-refractivity contribution in [3.8, 4) is 0 Å². The lowest BCUT2D eigenvalue weighted by molar-refractivity contribution is 0.278. The summed E-state index contributed by atoms with van der Waals surface area (Å²) in [4.78, 5) is 0.0825. The fourth-order valence-corrected chi connectivity index (χ4v) is 2.78. The largest absolute Gasteiger partial charge is 0.468 e. The van der Waals surface area contributed by atoms with Crippen LogP contribution in [0.4, 0.5) is 0 Å². The van der Waals surface area contributed by atoms with E-state index in [-0.39, 0.29) is 18.0 Å².